The maximum Gasteiger partial charge on any atom is 0.242 e. The van der Waals surface area contributed by atoms with Gasteiger partial charge in [0.05, 0.1) is 22.8 Å². The van der Waals surface area contributed by atoms with E-state index in [0.717, 1.165) is 25.9 Å². The van der Waals surface area contributed by atoms with E-state index in [-0.39, 0.29) is 12.5 Å². The van der Waals surface area contributed by atoms with E-state index >= 15 is 0 Å². The molecule has 0 N–H and O–H groups in total. The van der Waals surface area contributed by atoms with Crippen LogP contribution in [0.5, 0.6) is 0 Å². The van der Waals surface area contributed by atoms with Crippen LogP contribution in [0.1, 0.15) is 18.4 Å². The van der Waals surface area contributed by atoms with E-state index in [0.29, 0.717) is 16.3 Å². The van der Waals surface area contributed by atoms with E-state index in [1.165, 1.54) is 0 Å². The minimum atomic E-state index is 0.101. The van der Waals surface area contributed by atoms with E-state index in [2.05, 4.69) is 6.07 Å². The van der Waals surface area contributed by atoms with Crippen LogP contribution in [0.3, 0.4) is 0 Å². The highest BCUT2D eigenvalue weighted by molar-refractivity contribution is 6.32. The summed E-state index contributed by atoms with van der Waals surface area (Å²) in [4.78, 5) is 15.7. The summed E-state index contributed by atoms with van der Waals surface area (Å²) >= 11 is 5.99. The lowest BCUT2D eigenvalue weighted by Crippen LogP contribution is -2.37. The third kappa shape index (κ3) is 2.99. The van der Waals surface area contributed by atoms with Gasteiger partial charge in [0.15, 0.2) is 0 Å². The Balaban J connectivity index is 2.12. The Kier molecular flexibility index (Phi) is 4.28. The molecular weight excluding hydrogens is 262 g/mol. The van der Waals surface area contributed by atoms with Crippen molar-refractivity contribution in [2.24, 2.45) is 0 Å². The predicted molar refractivity (Wildman–Crippen MR) is 75.3 cm³/mol. The van der Waals surface area contributed by atoms with Crippen LogP contribution in [-0.4, -0.2) is 37.5 Å². The number of likely N-dealkylation sites (tertiary alicyclic amines) is 1. The maximum atomic E-state index is 12.1. The van der Waals surface area contributed by atoms with Crippen molar-refractivity contribution in [2.75, 3.05) is 31.6 Å². The van der Waals surface area contributed by atoms with Crippen molar-refractivity contribution in [3.63, 3.8) is 0 Å². The molecule has 0 radical (unpaired) electrons. The number of carbonyl (C=O) groups is 1. The van der Waals surface area contributed by atoms with Gasteiger partial charge in [0.2, 0.25) is 5.91 Å². The average molecular weight is 278 g/mol. The number of hydrogen-bond acceptors (Lipinski definition) is 3. The first kappa shape index (κ1) is 13.7. The summed E-state index contributed by atoms with van der Waals surface area (Å²) in [5.74, 6) is 0.101. The minimum Gasteiger partial charge on any atom is -0.364 e. The van der Waals surface area contributed by atoms with Gasteiger partial charge >= 0.3 is 0 Å². The first-order valence-corrected chi connectivity index (χ1v) is 6.69. The number of likely N-dealkylation sites (N-methyl/N-ethyl adjacent to an activating group) is 1. The molecule has 2 rings (SSSR count). The van der Waals surface area contributed by atoms with Crippen LogP contribution in [0.25, 0.3) is 0 Å². The van der Waals surface area contributed by atoms with Crippen molar-refractivity contribution < 1.29 is 4.79 Å². The van der Waals surface area contributed by atoms with Crippen molar-refractivity contribution >= 4 is 23.2 Å². The van der Waals surface area contributed by atoms with Crippen molar-refractivity contribution in [3.8, 4) is 6.07 Å². The summed E-state index contributed by atoms with van der Waals surface area (Å²) < 4.78 is 0. The summed E-state index contributed by atoms with van der Waals surface area (Å²) in [5.41, 5.74) is 1.11. The van der Waals surface area contributed by atoms with Crippen LogP contribution in [-0.2, 0) is 4.79 Å². The molecule has 100 valence electrons. The minimum absolute atomic E-state index is 0.101. The second-order valence-electron chi connectivity index (χ2n) is 4.69. The highest BCUT2D eigenvalue weighted by Gasteiger charge is 2.20. The van der Waals surface area contributed by atoms with Crippen LogP contribution in [0.4, 0.5) is 5.69 Å². The standard InChI is InChI=1S/C14H16ClN3O/c1-17(10-14(19)18-7-2-3-8-18)13-6-4-5-12(15)11(13)9-16/h4-6H,2-3,7-8,10H2,1H3. The molecule has 0 atom stereocenters. The molecule has 0 aromatic heterocycles. The molecule has 1 fully saturated rings. The van der Waals surface area contributed by atoms with E-state index < -0.39 is 0 Å². The summed E-state index contributed by atoms with van der Waals surface area (Å²) in [5, 5.41) is 9.55. The van der Waals surface area contributed by atoms with Gasteiger partial charge in [-0.25, -0.2) is 0 Å². The first-order valence-electron chi connectivity index (χ1n) is 6.31. The number of benzene rings is 1. The number of carbonyl (C=O) groups excluding carboxylic acids is 1. The molecule has 4 nitrogen and oxygen atoms in total. The fourth-order valence-electron chi connectivity index (χ4n) is 2.30. The Bertz CT molecular complexity index is 518. The van der Waals surface area contributed by atoms with Crippen LogP contribution < -0.4 is 4.90 Å². The van der Waals surface area contributed by atoms with Gasteiger partial charge in [0.25, 0.3) is 0 Å². The fourth-order valence-corrected chi connectivity index (χ4v) is 2.51. The molecule has 19 heavy (non-hydrogen) atoms. The third-order valence-corrected chi connectivity index (χ3v) is 3.66. The molecule has 1 saturated heterocycles. The summed E-state index contributed by atoms with van der Waals surface area (Å²) in [7, 11) is 1.81. The topological polar surface area (TPSA) is 47.3 Å². The van der Waals surface area contributed by atoms with Crippen molar-refractivity contribution in [3.05, 3.63) is 28.8 Å². The lowest BCUT2D eigenvalue weighted by molar-refractivity contribution is -0.128. The predicted octanol–water partition coefficient (Wildman–Crippen LogP) is 2.27. The zero-order chi connectivity index (χ0) is 13.8. The molecule has 0 unspecified atom stereocenters. The number of nitrogens with zero attached hydrogens (tertiary/aromatic N) is 3. The normalized spacial score (nSPS) is 14.3. The van der Waals surface area contributed by atoms with Crippen molar-refractivity contribution in [1.82, 2.24) is 4.90 Å². The Hall–Kier alpha value is -1.73. The highest BCUT2D eigenvalue weighted by atomic mass is 35.5. The van der Waals surface area contributed by atoms with E-state index in [1.807, 2.05) is 11.0 Å². The molecule has 1 amide bonds. The largest absolute Gasteiger partial charge is 0.364 e. The first-order chi connectivity index (χ1) is 9.13. The maximum absolute atomic E-state index is 12.1. The zero-order valence-corrected chi connectivity index (χ0v) is 11.7. The number of nitriles is 1. The van der Waals surface area contributed by atoms with Gasteiger partial charge in [-0.3, -0.25) is 4.79 Å². The third-order valence-electron chi connectivity index (χ3n) is 3.35. The van der Waals surface area contributed by atoms with Crippen molar-refractivity contribution in [1.29, 1.82) is 5.26 Å². The Morgan fingerprint density at radius 3 is 2.79 bits per heavy atom. The van der Waals surface area contributed by atoms with Crippen LogP contribution in [0.2, 0.25) is 5.02 Å². The molecule has 0 spiro atoms. The molecule has 1 heterocycles. The molecule has 0 bridgehead atoms. The molecule has 1 aromatic carbocycles. The quantitative estimate of drug-likeness (QED) is 0.851. The van der Waals surface area contributed by atoms with Crippen molar-refractivity contribution in [2.45, 2.75) is 12.8 Å². The summed E-state index contributed by atoms with van der Waals surface area (Å²) in [6.45, 7) is 1.95. The molecule has 5 heteroatoms. The molecule has 1 aromatic rings. The van der Waals surface area contributed by atoms with Gasteiger partial charge in [-0.1, -0.05) is 17.7 Å². The number of anilines is 1. The second kappa shape index (κ2) is 5.94. The number of amides is 1. The second-order valence-corrected chi connectivity index (χ2v) is 5.10. The van der Waals surface area contributed by atoms with Gasteiger partial charge < -0.3 is 9.80 Å². The Labute approximate surface area is 118 Å². The van der Waals surface area contributed by atoms with Gasteiger partial charge in [-0.05, 0) is 25.0 Å². The van der Waals surface area contributed by atoms with Gasteiger partial charge in [0.1, 0.15) is 6.07 Å². The molecule has 1 aliphatic heterocycles. The Morgan fingerprint density at radius 1 is 1.47 bits per heavy atom. The van der Waals surface area contributed by atoms with Gasteiger partial charge in [-0.15, -0.1) is 0 Å². The van der Waals surface area contributed by atoms with Crippen LogP contribution in [0, 0.1) is 11.3 Å². The lowest BCUT2D eigenvalue weighted by atomic mass is 10.2. The monoisotopic (exact) mass is 277 g/mol. The fraction of sp³-hybridized carbons (Fsp3) is 0.429. The average Bonchev–Trinajstić information content (AvgIpc) is 2.92. The van der Waals surface area contributed by atoms with Crippen LogP contribution >= 0.6 is 11.6 Å². The highest BCUT2D eigenvalue weighted by Crippen LogP contribution is 2.26. The molecule has 0 saturated carbocycles. The van der Waals surface area contributed by atoms with Crippen LogP contribution in [0.15, 0.2) is 18.2 Å². The molecule has 1 aliphatic rings. The number of rotatable bonds is 3. The summed E-state index contributed by atoms with van der Waals surface area (Å²) in [6.07, 6.45) is 2.16. The molecule has 0 aliphatic carbocycles. The zero-order valence-electron chi connectivity index (χ0n) is 10.9. The van der Waals surface area contributed by atoms with E-state index in [1.54, 1.807) is 24.1 Å². The Morgan fingerprint density at radius 2 is 2.16 bits per heavy atom. The molecular formula is C14H16ClN3O. The van der Waals surface area contributed by atoms with Gasteiger partial charge in [-0.2, -0.15) is 5.26 Å². The summed E-state index contributed by atoms with van der Waals surface area (Å²) in [6, 6.07) is 7.36. The lowest BCUT2D eigenvalue weighted by Gasteiger charge is -2.23. The SMILES string of the molecule is CN(CC(=O)N1CCCC1)c1cccc(Cl)c1C#N. The number of hydrogen-bond donors (Lipinski definition) is 0. The van der Waals surface area contributed by atoms with Gasteiger partial charge in [0, 0.05) is 20.1 Å². The smallest absolute Gasteiger partial charge is 0.242 e. The number of halogens is 1. The van der Waals surface area contributed by atoms with E-state index in [9.17, 15) is 4.79 Å². The van der Waals surface area contributed by atoms with E-state index in [4.69, 9.17) is 16.9 Å².